The number of esters is 1. The third kappa shape index (κ3) is 4.30. The zero-order chi connectivity index (χ0) is 15.3. The van der Waals surface area contributed by atoms with Gasteiger partial charge in [0.15, 0.2) is 6.10 Å². The van der Waals surface area contributed by atoms with Gasteiger partial charge >= 0.3 is 12.0 Å². The summed E-state index contributed by atoms with van der Waals surface area (Å²) in [4.78, 5) is 33.9. The van der Waals surface area contributed by atoms with Crippen molar-refractivity contribution in [2.75, 3.05) is 7.05 Å². The van der Waals surface area contributed by atoms with Crippen molar-refractivity contribution in [3.8, 4) is 0 Å². The first-order chi connectivity index (χ1) is 9.33. The highest BCUT2D eigenvalue weighted by Crippen LogP contribution is 2.10. The summed E-state index contributed by atoms with van der Waals surface area (Å²) >= 11 is 0. The molecule has 1 atom stereocenters. The lowest BCUT2D eigenvalue weighted by atomic mass is 10.2. The Balaban J connectivity index is 2.70. The third-order valence-corrected chi connectivity index (χ3v) is 2.22. The lowest BCUT2D eigenvalue weighted by Crippen LogP contribution is -2.43. The van der Waals surface area contributed by atoms with E-state index in [-0.39, 0.29) is 5.56 Å². The Labute approximate surface area is 113 Å². The van der Waals surface area contributed by atoms with Crippen LogP contribution in [0.2, 0.25) is 0 Å². The Morgan fingerprint density at radius 3 is 2.20 bits per heavy atom. The smallest absolute Gasteiger partial charge is 0.339 e. The van der Waals surface area contributed by atoms with E-state index in [2.05, 4.69) is 10.1 Å². The maximum absolute atomic E-state index is 12.9. The first-order valence-corrected chi connectivity index (χ1v) is 5.53. The molecule has 0 spiro atoms. The van der Waals surface area contributed by atoms with E-state index >= 15 is 0 Å². The normalized spacial score (nSPS) is 11.4. The van der Waals surface area contributed by atoms with Crippen molar-refractivity contribution in [2.45, 2.75) is 13.0 Å². The third-order valence-electron chi connectivity index (χ3n) is 2.22. The van der Waals surface area contributed by atoms with Crippen LogP contribution in [-0.2, 0) is 9.53 Å². The van der Waals surface area contributed by atoms with E-state index in [1.165, 1.54) is 14.0 Å². The van der Waals surface area contributed by atoms with Gasteiger partial charge in [0.05, 0.1) is 5.56 Å². The summed E-state index contributed by atoms with van der Waals surface area (Å²) in [5.41, 5.74) is -0.373. The highest BCUT2D eigenvalue weighted by atomic mass is 19.1. The fraction of sp³-hybridized carbons (Fsp3) is 0.250. The summed E-state index contributed by atoms with van der Waals surface area (Å²) in [5.74, 6) is -3.84. The second-order valence-corrected chi connectivity index (χ2v) is 3.77. The highest BCUT2D eigenvalue weighted by molar-refractivity contribution is 5.98. The lowest BCUT2D eigenvalue weighted by Gasteiger charge is -2.12. The number of halogens is 2. The molecule has 0 unspecified atom stereocenters. The van der Waals surface area contributed by atoms with E-state index in [0.717, 1.165) is 12.1 Å². The molecule has 0 radical (unpaired) electrons. The van der Waals surface area contributed by atoms with Gasteiger partial charge in [-0.15, -0.1) is 0 Å². The number of urea groups is 1. The first kappa shape index (κ1) is 15.5. The first-order valence-electron chi connectivity index (χ1n) is 5.53. The number of carbonyl (C=O) groups is 3. The molecular formula is C12H12F2N2O4. The average molecular weight is 286 g/mol. The summed E-state index contributed by atoms with van der Waals surface area (Å²) in [6.07, 6.45) is -1.30. The van der Waals surface area contributed by atoms with Crippen molar-refractivity contribution in [1.82, 2.24) is 10.6 Å². The summed E-state index contributed by atoms with van der Waals surface area (Å²) in [5, 5.41) is 4.03. The number of rotatable bonds is 3. The van der Waals surface area contributed by atoms with Crippen LogP contribution in [-0.4, -0.2) is 31.1 Å². The number of benzene rings is 1. The molecule has 1 rings (SSSR count). The Bertz CT molecular complexity index is 528. The van der Waals surface area contributed by atoms with Crippen LogP contribution in [0.5, 0.6) is 0 Å². The molecule has 20 heavy (non-hydrogen) atoms. The summed E-state index contributed by atoms with van der Waals surface area (Å²) in [6.45, 7) is 1.21. The van der Waals surface area contributed by atoms with Crippen LogP contribution in [0.4, 0.5) is 13.6 Å². The van der Waals surface area contributed by atoms with Crippen molar-refractivity contribution in [2.24, 2.45) is 0 Å². The average Bonchev–Trinajstić information content (AvgIpc) is 2.37. The molecule has 0 aromatic heterocycles. The number of amides is 3. The van der Waals surface area contributed by atoms with E-state index in [1.54, 1.807) is 0 Å². The van der Waals surface area contributed by atoms with Crippen molar-refractivity contribution in [3.05, 3.63) is 35.4 Å². The molecule has 1 aromatic rings. The molecule has 6 nitrogen and oxygen atoms in total. The second-order valence-electron chi connectivity index (χ2n) is 3.77. The largest absolute Gasteiger partial charge is 0.449 e. The van der Waals surface area contributed by atoms with Crippen molar-refractivity contribution >= 4 is 17.9 Å². The molecule has 0 saturated carbocycles. The molecule has 0 aliphatic rings. The lowest BCUT2D eigenvalue weighted by molar-refractivity contribution is -0.127. The van der Waals surface area contributed by atoms with E-state index in [1.807, 2.05) is 5.32 Å². The van der Waals surface area contributed by atoms with Crippen LogP contribution in [0.1, 0.15) is 17.3 Å². The van der Waals surface area contributed by atoms with Crippen molar-refractivity contribution in [1.29, 1.82) is 0 Å². The minimum Gasteiger partial charge on any atom is -0.449 e. The second kappa shape index (κ2) is 6.60. The molecule has 0 heterocycles. The van der Waals surface area contributed by atoms with Crippen LogP contribution in [0.25, 0.3) is 0 Å². The molecule has 108 valence electrons. The van der Waals surface area contributed by atoms with Gasteiger partial charge in [0, 0.05) is 13.1 Å². The van der Waals surface area contributed by atoms with Crippen LogP contribution >= 0.6 is 0 Å². The minimum absolute atomic E-state index is 0.373. The fourth-order valence-corrected chi connectivity index (χ4v) is 1.23. The molecular weight excluding hydrogens is 274 g/mol. The quantitative estimate of drug-likeness (QED) is 0.811. The Morgan fingerprint density at radius 2 is 1.70 bits per heavy atom. The number of nitrogens with one attached hydrogen (secondary N) is 2. The van der Waals surface area contributed by atoms with Gasteiger partial charge in [-0.3, -0.25) is 10.1 Å². The summed E-state index contributed by atoms with van der Waals surface area (Å²) < 4.78 is 30.5. The standard InChI is InChI=1S/C12H12F2N2O4/c1-6(10(17)16-12(19)15-2)20-11(18)7-3-8(13)5-9(14)4-7/h3-6H,1-2H3,(H2,15,16,17,19)/t6-/m0/s1. The monoisotopic (exact) mass is 286 g/mol. The van der Waals surface area contributed by atoms with Gasteiger partial charge in [-0.2, -0.15) is 0 Å². The van der Waals surface area contributed by atoms with Gasteiger partial charge in [0.2, 0.25) is 0 Å². The van der Waals surface area contributed by atoms with Gasteiger partial charge in [0.25, 0.3) is 5.91 Å². The molecule has 3 amide bonds. The van der Waals surface area contributed by atoms with Gasteiger partial charge in [-0.1, -0.05) is 0 Å². The van der Waals surface area contributed by atoms with Gasteiger partial charge in [-0.05, 0) is 19.1 Å². The fourth-order valence-electron chi connectivity index (χ4n) is 1.23. The highest BCUT2D eigenvalue weighted by Gasteiger charge is 2.21. The molecule has 0 saturated heterocycles. The Hall–Kier alpha value is -2.51. The van der Waals surface area contributed by atoms with Crippen molar-refractivity contribution in [3.63, 3.8) is 0 Å². The molecule has 0 bridgehead atoms. The SMILES string of the molecule is CNC(=O)NC(=O)[C@H](C)OC(=O)c1cc(F)cc(F)c1. The molecule has 0 fully saturated rings. The number of hydrogen-bond acceptors (Lipinski definition) is 4. The number of hydrogen-bond donors (Lipinski definition) is 2. The predicted molar refractivity (Wildman–Crippen MR) is 63.8 cm³/mol. The molecule has 0 aliphatic carbocycles. The number of imide groups is 1. The van der Waals surface area contributed by atoms with E-state index in [0.29, 0.717) is 6.07 Å². The topological polar surface area (TPSA) is 84.5 Å². The van der Waals surface area contributed by atoms with Gasteiger partial charge in [0.1, 0.15) is 11.6 Å². The number of carbonyl (C=O) groups excluding carboxylic acids is 3. The summed E-state index contributed by atoms with van der Waals surface area (Å²) in [6, 6.07) is 1.37. The maximum atomic E-state index is 12.9. The molecule has 8 heteroatoms. The summed E-state index contributed by atoms with van der Waals surface area (Å²) in [7, 11) is 1.30. The zero-order valence-corrected chi connectivity index (χ0v) is 10.7. The van der Waals surface area contributed by atoms with Crippen LogP contribution in [0.15, 0.2) is 18.2 Å². The molecule has 2 N–H and O–H groups in total. The minimum atomic E-state index is -1.30. The van der Waals surface area contributed by atoms with E-state index < -0.39 is 35.6 Å². The number of ether oxygens (including phenoxy) is 1. The predicted octanol–water partition coefficient (Wildman–Crippen LogP) is 0.966. The van der Waals surface area contributed by atoms with Crippen LogP contribution in [0.3, 0.4) is 0 Å². The molecule has 1 aromatic carbocycles. The van der Waals surface area contributed by atoms with E-state index in [4.69, 9.17) is 0 Å². The molecule has 0 aliphatic heterocycles. The Kier molecular flexibility index (Phi) is 5.13. The van der Waals surface area contributed by atoms with Crippen LogP contribution in [0, 0.1) is 11.6 Å². The van der Waals surface area contributed by atoms with Gasteiger partial charge < -0.3 is 10.1 Å². The maximum Gasteiger partial charge on any atom is 0.339 e. The zero-order valence-electron chi connectivity index (χ0n) is 10.7. The van der Waals surface area contributed by atoms with Gasteiger partial charge in [-0.25, -0.2) is 18.4 Å². The van der Waals surface area contributed by atoms with E-state index in [9.17, 15) is 23.2 Å². The van der Waals surface area contributed by atoms with Crippen LogP contribution < -0.4 is 10.6 Å². The Morgan fingerprint density at radius 1 is 1.15 bits per heavy atom. The van der Waals surface area contributed by atoms with Crippen molar-refractivity contribution < 1.29 is 27.9 Å².